The molecule has 2 rings (SSSR count). The molecule has 0 aromatic heterocycles. The highest BCUT2D eigenvalue weighted by Gasteiger charge is 2.24. The molecule has 2 aromatic carbocycles. The van der Waals surface area contributed by atoms with Gasteiger partial charge in [0.15, 0.2) is 5.96 Å². The first-order valence-corrected chi connectivity index (χ1v) is 11.1. The summed E-state index contributed by atoms with van der Waals surface area (Å²) in [6, 6.07) is 11.7. The normalized spacial score (nSPS) is 13.5. The molecule has 8 nitrogen and oxygen atoms in total. The Hall–Kier alpha value is -3.55. The molecule has 178 valence electrons. The molecule has 33 heavy (non-hydrogen) atoms. The van der Waals surface area contributed by atoms with Crippen LogP contribution in [0, 0.1) is 19.8 Å². The van der Waals surface area contributed by atoms with E-state index in [1.807, 2.05) is 32.0 Å². The Kier molecular flexibility index (Phi) is 9.27. The van der Waals surface area contributed by atoms with Crippen LogP contribution in [-0.4, -0.2) is 41.5 Å². The molecule has 2 aromatic rings. The van der Waals surface area contributed by atoms with E-state index in [0.29, 0.717) is 6.54 Å². The Bertz CT molecular complexity index is 964. The van der Waals surface area contributed by atoms with E-state index in [1.54, 1.807) is 19.1 Å². The summed E-state index contributed by atoms with van der Waals surface area (Å²) >= 11 is 0. The van der Waals surface area contributed by atoms with Gasteiger partial charge in [0.25, 0.3) is 0 Å². The van der Waals surface area contributed by atoms with Crippen molar-refractivity contribution in [1.82, 2.24) is 10.6 Å². The van der Waals surface area contributed by atoms with E-state index < -0.39 is 18.0 Å². The summed E-state index contributed by atoms with van der Waals surface area (Å²) in [5.74, 6) is -0.535. The fourth-order valence-electron chi connectivity index (χ4n) is 3.75. The molecular formula is C25H35N5O3. The van der Waals surface area contributed by atoms with Crippen molar-refractivity contribution >= 4 is 17.8 Å². The average Bonchev–Trinajstić information content (AvgIpc) is 2.73. The number of hydrogen-bond donors (Lipinski definition) is 5. The molecule has 0 bridgehead atoms. The van der Waals surface area contributed by atoms with E-state index >= 15 is 0 Å². The number of benzene rings is 2. The van der Waals surface area contributed by atoms with Crippen molar-refractivity contribution in [1.29, 1.82) is 0 Å². The number of nitrogens with one attached hydrogen (secondary N) is 2. The summed E-state index contributed by atoms with van der Waals surface area (Å²) < 4.78 is 0. The van der Waals surface area contributed by atoms with Gasteiger partial charge in [0.1, 0.15) is 17.8 Å². The van der Waals surface area contributed by atoms with Crippen molar-refractivity contribution in [3.05, 3.63) is 64.7 Å². The highest BCUT2D eigenvalue weighted by Crippen LogP contribution is 2.22. The van der Waals surface area contributed by atoms with E-state index in [1.165, 1.54) is 5.56 Å². The van der Waals surface area contributed by atoms with Crippen molar-refractivity contribution in [3.8, 4) is 5.75 Å². The van der Waals surface area contributed by atoms with Crippen LogP contribution in [0.4, 0.5) is 0 Å². The molecule has 0 unspecified atom stereocenters. The Morgan fingerprint density at radius 3 is 2.18 bits per heavy atom. The van der Waals surface area contributed by atoms with Gasteiger partial charge in [-0.3, -0.25) is 9.59 Å². The standard InChI is InChI=1S/C25H35N5O3/c1-15(10-19-8-6-5-7-9-19)14-28-23(32)18(4)29-24(33)22(30-25(26)27)13-21-16(2)11-20(31)12-17(21)3/h5-9,11-12,15,18,22,31H,10,13-14H2,1-4H3,(H,28,32)(H,29,33)(H4,26,27,30)/t15-,18+,22-/m0/s1. The molecule has 0 aliphatic heterocycles. The van der Waals surface area contributed by atoms with Gasteiger partial charge in [0, 0.05) is 13.0 Å². The van der Waals surface area contributed by atoms with Gasteiger partial charge in [-0.05, 0) is 67.5 Å². The number of carbonyl (C=O) groups excluding carboxylic acids is 2. The zero-order chi connectivity index (χ0) is 24.5. The van der Waals surface area contributed by atoms with Crippen LogP contribution >= 0.6 is 0 Å². The van der Waals surface area contributed by atoms with E-state index in [9.17, 15) is 14.7 Å². The fraction of sp³-hybridized carbons (Fsp3) is 0.400. The second-order valence-corrected chi connectivity index (χ2v) is 8.60. The lowest BCUT2D eigenvalue weighted by Crippen LogP contribution is -2.49. The molecule has 7 N–H and O–H groups in total. The van der Waals surface area contributed by atoms with Crippen LogP contribution in [0.3, 0.4) is 0 Å². The first kappa shape index (κ1) is 25.7. The minimum atomic E-state index is -0.899. The average molecular weight is 454 g/mol. The summed E-state index contributed by atoms with van der Waals surface area (Å²) in [7, 11) is 0. The first-order chi connectivity index (χ1) is 15.6. The second-order valence-electron chi connectivity index (χ2n) is 8.60. The third kappa shape index (κ3) is 8.14. The molecule has 0 aliphatic carbocycles. The number of nitrogens with two attached hydrogens (primary N) is 2. The maximum atomic E-state index is 12.9. The van der Waals surface area contributed by atoms with Crippen LogP contribution in [0.2, 0.25) is 0 Å². The van der Waals surface area contributed by atoms with Gasteiger partial charge in [0.2, 0.25) is 11.8 Å². The molecule has 0 aliphatic rings. The van der Waals surface area contributed by atoms with Gasteiger partial charge >= 0.3 is 0 Å². The van der Waals surface area contributed by atoms with Gasteiger partial charge in [-0.15, -0.1) is 0 Å². The molecule has 0 radical (unpaired) electrons. The van der Waals surface area contributed by atoms with Gasteiger partial charge in [-0.2, -0.15) is 0 Å². The molecule has 3 atom stereocenters. The SMILES string of the molecule is Cc1cc(O)cc(C)c1C[C@H](N=C(N)N)C(=O)N[C@H](C)C(=O)NC[C@@H](C)Cc1ccccc1. The maximum Gasteiger partial charge on any atom is 0.245 e. The third-order valence-electron chi connectivity index (χ3n) is 5.49. The Morgan fingerprint density at radius 1 is 1.00 bits per heavy atom. The second kappa shape index (κ2) is 11.9. The lowest BCUT2D eigenvalue weighted by atomic mass is 9.95. The minimum Gasteiger partial charge on any atom is -0.508 e. The fourth-order valence-corrected chi connectivity index (χ4v) is 3.75. The van der Waals surface area contributed by atoms with Gasteiger partial charge < -0.3 is 27.2 Å². The maximum absolute atomic E-state index is 12.9. The smallest absolute Gasteiger partial charge is 0.245 e. The summed E-state index contributed by atoms with van der Waals surface area (Å²) in [6.07, 6.45) is 1.09. The van der Waals surface area contributed by atoms with Crippen molar-refractivity contribution in [3.63, 3.8) is 0 Å². The van der Waals surface area contributed by atoms with Crippen LogP contribution in [0.1, 0.15) is 36.1 Å². The Balaban J connectivity index is 1.97. The van der Waals surface area contributed by atoms with Gasteiger partial charge in [-0.1, -0.05) is 37.3 Å². The van der Waals surface area contributed by atoms with E-state index in [0.717, 1.165) is 23.1 Å². The van der Waals surface area contributed by atoms with Crippen LogP contribution in [-0.2, 0) is 22.4 Å². The zero-order valence-electron chi connectivity index (χ0n) is 19.8. The van der Waals surface area contributed by atoms with Crippen LogP contribution in [0.5, 0.6) is 5.75 Å². The number of aryl methyl sites for hydroxylation is 2. The largest absolute Gasteiger partial charge is 0.508 e. The molecule has 0 saturated heterocycles. The first-order valence-electron chi connectivity index (χ1n) is 11.1. The van der Waals surface area contributed by atoms with Gasteiger partial charge in [0.05, 0.1) is 0 Å². The number of guanidine groups is 1. The highest BCUT2D eigenvalue weighted by molar-refractivity contribution is 5.91. The summed E-state index contributed by atoms with van der Waals surface area (Å²) in [5.41, 5.74) is 14.8. The van der Waals surface area contributed by atoms with Crippen molar-refractivity contribution in [2.45, 2.75) is 52.6 Å². The topological polar surface area (TPSA) is 143 Å². The number of amides is 2. The van der Waals surface area contributed by atoms with Crippen molar-refractivity contribution in [2.24, 2.45) is 22.4 Å². The van der Waals surface area contributed by atoms with Crippen LogP contribution < -0.4 is 22.1 Å². The molecule has 8 heteroatoms. The molecular weight excluding hydrogens is 418 g/mol. The number of nitrogens with zero attached hydrogens (tertiary/aromatic N) is 1. The zero-order valence-corrected chi connectivity index (χ0v) is 19.8. The highest BCUT2D eigenvalue weighted by atomic mass is 16.3. The summed E-state index contributed by atoms with van der Waals surface area (Å²) in [6.45, 7) is 7.88. The number of phenols is 1. The Morgan fingerprint density at radius 2 is 1.61 bits per heavy atom. The quantitative estimate of drug-likeness (QED) is 0.275. The molecule has 0 heterocycles. The lowest BCUT2D eigenvalue weighted by molar-refractivity contribution is -0.129. The molecule has 0 saturated carbocycles. The van der Waals surface area contributed by atoms with Crippen molar-refractivity contribution in [2.75, 3.05) is 6.54 Å². The number of hydrogen-bond acceptors (Lipinski definition) is 4. The third-order valence-corrected chi connectivity index (χ3v) is 5.49. The molecule has 2 amide bonds. The van der Waals surface area contributed by atoms with E-state index in [4.69, 9.17) is 11.5 Å². The summed E-state index contributed by atoms with van der Waals surface area (Å²) in [5, 5.41) is 15.4. The Labute approximate surface area is 195 Å². The van der Waals surface area contributed by atoms with Crippen molar-refractivity contribution < 1.29 is 14.7 Å². The van der Waals surface area contributed by atoms with E-state index in [-0.39, 0.29) is 30.0 Å². The number of aromatic hydroxyl groups is 1. The predicted molar refractivity (Wildman–Crippen MR) is 131 cm³/mol. The van der Waals surface area contributed by atoms with E-state index in [2.05, 4.69) is 34.7 Å². The monoisotopic (exact) mass is 453 g/mol. The number of carbonyl (C=O) groups is 2. The van der Waals surface area contributed by atoms with Gasteiger partial charge in [-0.25, -0.2) is 4.99 Å². The lowest BCUT2D eigenvalue weighted by Gasteiger charge is -2.20. The molecule has 0 spiro atoms. The van der Waals surface area contributed by atoms with Crippen LogP contribution in [0.15, 0.2) is 47.5 Å². The summed E-state index contributed by atoms with van der Waals surface area (Å²) in [4.78, 5) is 29.5. The number of rotatable bonds is 10. The minimum absolute atomic E-state index is 0.156. The number of aliphatic imine (C=N–C) groups is 1. The molecule has 0 fully saturated rings. The van der Waals surface area contributed by atoms with Crippen LogP contribution in [0.25, 0.3) is 0 Å². The number of phenolic OH excluding ortho intramolecular Hbond substituents is 1. The predicted octanol–water partition coefficient (Wildman–Crippen LogP) is 1.69.